The fourth-order valence-corrected chi connectivity index (χ4v) is 3.76. The summed E-state index contributed by atoms with van der Waals surface area (Å²) < 4.78 is 0. The first-order valence-corrected chi connectivity index (χ1v) is 8.42. The van der Waals surface area contributed by atoms with Crippen LogP contribution in [0.15, 0.2) is 18.2 Å². The third-order valence-corrected chi connectivity index (χ3v) is 5.06. The van der Waals surface area contributed by atoms with Crippen LogP contribution in [-0.2, 0) is 6.42 Å². The van der Waals surface area contributed by atoms with Gasteiger partial charge in [-0.1, -0.05) is 25.3 Å². The second-order valence-corrected chi connectivity index (χ2v) is 6.52. The molecule has 1 atom stereocenters. The van der Waals surface area contributed by atoms with Gasteiger partial charge in [-0.2, -0.15) is 0 Å². The predicted molar refractivity (Wildman–Crippen MR) is 86.8 cm³/mol. The van der Waals surface area contributed by atoms with Crippen LogP contribution in [0.5, 0.6) is 0 Å². The molecule has 0 saturated heterocycles. The maximum absolute atomic E-state index is 12.6. The van der Waals surface area contributed by atoms with Crippen molar-refractivity contribution < 1.29 is 4.79 Å². The molecule has 0 bridgehead atoms. The van der Waals surface area contributed by atoms with Crippen molar-refractivity contribution in [1.29, 1.82) is 0 Å². The van der Waals surface area contributed by atoms with Crippen molar-refractivity contribution in [3.8, 4) is 0 Å². The number of fused-ring (bicyclic) bond motifs is 1. The number of carbonyl (C=O) groups is 1. The molecule has 0 aromatic heterocycles. The van der Waals surface area contributed by atoms with Crippen LogP contribution in [-0.4, -0.2) is 18.5 Å². The molecule has 3 nitrogen and oxygen atoms in total. The Morgan fingerprint density at radius 3 is 2.86 bits per heavy atom. The summed E-state index contributed by atoms with van der Waals surface area (Å²) >= 11 is 0. The zero-order chi connectivity index (χ0) is 14.7. The summed E-state index contributed by atoms with van der Waals surface area (Å²) in [6, 6.07) is 6.31. The summed E-state index contributed by atoms with van der Waals surface area (Å²) in [6.07, 6.45) is 8.62. The normalized spacial score (nSPS) is 20.2. The Labute approximate surface area is 127 Å². The van der Waals surface area contributed by atoms with Crippen LogP contribution >= 0.6 is 0 Å². The Balaban J connectivity index is 1.70. The quantitative estimate of drug-likeness (QED) is 0.888. The van der Waals surface area contributed by atoms with Crippen LogP contribution in [0, 0.1) is 5.92 Å². The first-order valence-electron chi connectivity index (χ1n) is 8.42. The first kappa shape index (κ1) is 14.4. The molecule has 114 valence electrons. The Morgan fingerprint density at radius 1 is 1.24 bits per heavy atom. The van der Waals surface area contributed by atoms with Gasteiger partial charge in [0, 0.05) is 23.8 Å². The number of hydrogen-bond donors (Lipinski definition) is 2. The van der Waals surface area contributed by atoms with Gasteiger partial charge in [0.1, 0.15) is 0 Å². The van der Waals surface area contributed by atoms with Gasteiger partial charge in [0.2, 0.25) is 0 Å². The summed E-state index contributed by atoms with van der Waals surface area (Å²) in [5.74, 6) is 0.758. The fraction of sp³-hybridized carbons (Fsp3) is 0.611. The van der Waals surface area contributed by atoms with Crippen molar-refractivity contribution in [2.75, 3.05) is 11.9 Å². The van der Waals surface area contributed by atoms with Crippen molar-refractivity contribution >= 4 is 11.6 Å². The van der Waals surface area contributed by atoms with E-state index in [0.29, 0.717) is 5.92 Å². The van der Waals surface area contributed by atoms with Crippen molar-refractivity contribution in [3.63, 3.8) is 0 Å². The molecule has 0 unspecified atom stereocenters. The zero-order valence-corrected chi connectivity index (χ0v) is 13.0. The van der Waals surface area contributed by atoms with Gasteiger partial charge in [0.05, 0.1) is 0 Å². The van der Waals surface area contributed by atoms with Crippen molar-refractivity contribution in [1.82, 2.24) is 5.32 Å². The molecule has 1 aromatic carbocycles. The van der Waals surface area contributed by atoms with Gasteiger partial charge in [-0.05, 0) is 56.2 Å². The Kier molecular flexibility index (Phi) is 4.47. The van der Waals surface area contributed by atoms with Crippen molar-refractivity contribution in [3.05, 3.63) is 29.3 Å². The molecule has 21 heavy (non-hydrogen) atoms. The summed E-state index contributed by atoms with van der Waals surface area (Å²) in [7, 11) is 0. The summed E-state index contributed by atoms with van der Waals surface area (Å²) in [5.41, 5.74) is 3.19. The monoisotopic (exact) mass is 286 g/mol. The molecule has 3 rings (SSSR count). The van der Waals surface area contributed by atoms with Gasteiger partial charge in [-0.15, -0.1) is 0 Å². The van der Waals surface area contributed by atoms with E-state index in [1.807, 2.05) is 12.1 Å². The number of carbonyl (C=O) groups excluding carboxylic acids is 1. The van der Waals surface area contributed by atoms with E-state index in [0.717, 1.165) is 30.6 Å². The fourth-order valence-electron chi connectivity index (χ4n) is 3.76. The number of hydrogen-bond acceptors (Lipinski definition) is 2. The molecular formula is C18H26N2O. The predicted octanol–water partition coefficient (Wildman–Crippen LogP) is 3.74. The molecule has 1 aliphatic carbocycles. The largest absolute Gasteiger partial charge is 0.385 e. The maximum atomic E-state index is 12.6. The lowest BCUT2D eigenvalue weighted by molar-refractivity contribution is 0.0918. The van der Waals surface area contributed by atoms with Crippen LogP contribution < -0.4 is 10.6 Å². The van der Waals surface area contributed by atoms with E-state index in [1.165, 1.54) is 37.7 Å². The minimum absolute atomic E-state index is 0.105. The molecule has 1 fully saturated rings. The van der Waals surface area contributed by atoms with Crippen LogP contribution in [0.4, 0.5) is 5.69 Å². The van der Waals surface area contributed by atoms with Crippen molar-refractivity contribution in [2.24, 2.45) is 5.92 Å². The van der Waals surface area contributed by atoms with Crippen LogP contribution in [0.3, 0.4) is 0 Å². The van der Waals surface area contributed by atoms with Crippen LogP contribution in [0.2, 0.25) is 0 Å². The highest BCUT2D eigenvalue weighted by molar-refractivity contribution is 5.97. The van der Waals surface area contributed by atoms with Gasteiger partial charge >= 0.3 is 0 Å². The van der Waals surface area contributed by atoms with E-state index in [1.54, 1.807) is 0 Å². The van der Waals surface area contributed by atoms with E-state index in [2.05, 4.69) is 23.6 Å². The third kappa shape index (κ3) is 3.22. The van der Waals surface area contributed by atoms with Gasteiger partial charge < -0.3 is 10.6 Å². The number of nitrogens with one attached hydrogen (secondary N) is 2. The van der Waals surface area contributed by atoms with Gasteiger partial charge in [0.15, 0.2) is 0 Å². The summed E-state index contributed by atoms with van der Waals surface area (Å²) in [4.78, 5) is 12.6. The molecular weight excluding hydrogens is 260 g/mol. The van der Waals surface area contributed by atoms with E-state index in [9.17, 15) is 4.79 Å². The molecule has 1 amide bonds. The highest BCUT2D eigenvalue weighted by Crippen LogP contribution is 2.28. The topological polar surface area (TPSA) is 41.1 Å². The average Bonchev–Trinajstić information content (AvgIpc) is 2.55. The lowest BCUT2D eigenvalue weighted by Crippen LogP contribution is -2.39. The second kappa shape index (κ2) is 6.50. The van der Waals surface area contributed by atoms with E-state index in [4.69, 9.17) is 0 Å². The van der Waals surface area contributed by atoms with Gasteiger partial charge in [-0.3, -0.25) is 4.79 Å². The summed E-state index contributed by atoms with van der Waals surface area (Å²) in [6.45, 7) is 3.18. The first-order chi connectivity index (χ1) is 10.3. The van der Waals surface area contributed by atoms with E-state index < -0.39 is 0 Å². The molecule has 1 aliphatic heterocycles. The van der Waals surface area contributed by atoms with E-state index in [-0.39, 0.29) is 11.9 Å². The van der Waals surface area contributed by atoms with Crippen LogP contribution in [0.25, 0.3) is 0 Å². The molecule has 1 heterocycles. The SMILES string of the molecule is C[C@H](NC(=O)c1cccc2c1CCCN2)C1CCCCC1. The molecule has 1 saturated carbocycles. The highest BCUT2D eigenvalue weighted by Gasteiger charge is 2.23. The molecule has 0 radical (unpaired) electrons. The number of benzene rings is 1. The standard InChI is InChI=1S/C18H26N2O/c1-13(14-7-3-2-4-8-14)20-18(21)16-9-5-11-17-15(16)10-6-12-19-17/h5,9,11,13-14,19H,2-4,6-8,10,12H2,1H3,(H,20,21)/t13-/m0/s1. The minimum atomic E-state index is 0.105. The van der Waals surface area contributed by atoms with Gasteiger partial charge in [0.25, 0.3) is 5.91 Å². The van der Waals surface area contributed by atoms with Gasteiger partial charge in [-0.25, -0.2) is 0 Å². The number of anilines is 1. The average molecular weight is 286 g/mol. The molecule has 2 N–H and O–H groups in total. The Hall–Kier alpha value is -1.51. The molecule has 0 spiro atoms. The third-order valence-electron chi connectivity index (χ3n) is 5.06. The highest BCUT2D eigenvalue weighted by atomic mass is 16.1. The number of rotatable bonds is 3. The lowest BCUT2D eigenvalue weighted by Gasteiger charge is -2.29. The smallest absolute Gasteiger partial charge is 0.251 e. The molecule has 2 aliphatic rings. The Bertz CT molecular complexity index is 506. The number of amides is 1. The van der Waals surface area contributed by atoms with E-state index >= 15 is 0 Å². The maximum Gasteiger partial charge on any atom is 0.251 e. The molecule has 3 heteroatoms. The summed E-state index contributed by atoms with van der Waals surface area (Å²) in [5, 5.41) is 6.64. The molecule has 1 aromatic rings. The zero-order valence-electron chi connectivity index (χ0n) is 13.0. The van der Waals surface area contributed by atoms with Crippen molar-refractivity contribution in [2.45, 2.75) is 57.9 Å². The second-order valence-electron chi connectivity index (χ2n) is 6.52. The lowest BCUT2D eigenvalue weighted by atomic mass is 9.84. The van der Waals surface area contributed by atoms with Crippen LogP contribution in [0.1, 0.15) is 61.4 Å². The Morgan fingerprint density at radius 2 is 2.05 bits per heavy atom. The minimum Gasteiger partial charge on any atom is -0.385 e.